The number of nitrogens with two attached hydrogens (primary N) is 1. The maximum atomic E-state index is 12.4. The number of hydrogen-bond acceptors (Lipinski definition) is 5. The molecule has 5 nitrogen and oxygen atoms in total. The minimum Gasteiger partial charge on any atom is -0.381 e. The van der Waals surface area contributed by atoms with E-state index in [1.165, 1.54) is 11.3 Å². The lowest BCUT2D eigenvalue weighted by Gasteiger charge is -2.26. The van der Waals surface area contributed by atoms with Gasteiger partial charge < -0.3 is 15.8 Å². The molecule has 1 unspecified atom stereocenters. The summed E-state index contributed by atoms with van der Waals surface area (Å²) in [7, 11) is 0. The monoisotopic (exact) mass is 415 g/mol. The van der Waals surface area contributed by atoms with Crippen LogP contribution in [-0.2, 0) is 16.0 Å². The molecule has 26 heavy (non-hydrogen) atoms. The summed E-state index contributed by atoms with van der Waals surface area (Å²) < 4.78 is 5.32. The van der Waals surface area contributed by atoms with Crippen LogP contribution in [0.25, 0.3) is 0 Å². The normalized spacial score (nSPS) is 16.0. The molecule has 1 aromatic heterocycles. The van der Waals surface area contributed by atoms with Gasteiger partial charge in [0.25, 0.3) is 0 Å². The van der Waals surface area contributed by atoms with E-state index in [-0.39, 0.29) is 24.2 Å². The first kappa shape index (κ1) is 21.1. The van der Waals surface area contributed by atoms with Gasteiger partial charge in [-0.2, -0.15) is 0 Å². The lowest BCUT2D eigenvalue weighted by Crippen LogP contribution is -2.43. The van der Waals surface area contributed by atoms with Gasteiger partial charge in [0.15, 0.2) is 5.13 Å². The molecule has 2 heterocycles. The molecule has 8 heteroatoms. The number of carbonyl (C=O) groups is 1. The Morgan fingerprint density at radius 2 is 2.12 bits per heavy atom. The van der Waals surface area contributed by atoms with E-state index in [1.54, 1.807) is 0 Å². The van der Waals surface area contributed by atoms with Crippen molar-refractivity contribution in [2.45, 2.75) is 32.2 Å². The molecule has 1 aromatic carbocycles. The third-order valence-corrected chi connectivity index (χ3v) is 5.95. The molecule has 1 atom stereocenters. The van der Waals surface area contributed by atoms with E-state index in [1.807, 2.05) is 31.2 Å². The smallest absolute Gasteiger partial charge is 0.243 e. The van der Waals surface area contributed by atoms with Crippen molar-refractivity contribution in [1.29, 1.82) is 0 Å². The number of benzene rings is 1. The van der Waals surface area contributed by atoms with Crippen molar-refractivity contribution in [3.05, 3.63) is 45.4 Å². The third-order valence-electron chi connectivity index (χ3n) is 4.51. The van der Waals surface area contributed by atoms with Crippen LogP contribution >= 0.6 is 35.3 Å². The van der Waals surface area contributed by atoms with Gasteiger partial charge in [0.2, 0.25) is 5.91 Å². The minimum absolute atomic E-state index is 0. The molecule has 1 fully saturated rings. The van der Waals surface area contributed by atoms with Gasteiger partial charge in [0.05, 0.1) is 11.7 Å². The van der Waals surface area contributed by atoms with Crippen molar-refractivity contribution >= 4 is 46.4 Å². The van der Waals surface area contributed by atoms with E-state index in [2.05, 4.69) is 10.3 Å². The number of amides is 1. The maximum Gasteiger partial charge on any atom is 0.243 e. The van der Waals surface area contributed by atoms with Gasteiger partial charge in [-0.25, -0.2) is 4.98 Å². The molecular formula is C18H23Cl2N3O2S. The predicted molar refractivity (Wildman–Crippen MR) is 109 cm³/mol. The molecule has 3 rings (SSSR count). The van der Waals surface area contributed by atoms with Crippen molar-refractivity contribution in [1.82, 2.24) is 4.98 Å². The topological polar surface area (TPSA) is 77.2 Å². The summed E-state index contributed by atoms with van der Waals surface area (Å²) in [4.78, 5) is 18.0. The Bertz CT molecular complexity index is 748. The molecule has 1 aliphatic rings. The van der Waals surface area contributed by atoms with Gasteiger partial charge in [0.1, 0.15) is 0 Å². The summed E-state index contributed by atoms with van der Waals surface area (Å²) in [6.07, 6.45) is 2.34. The standard InChI is InChI=1S/C18H22ClN3O2S.ClH/c1-11-15(10-13-4-2-3-5-14(13)19)25-18(21-11)22-17(23)16(20)12-6-8-24-9-7-12;/h2-5,12,16H,6-10,20H2,1H3,(H,21,22,23);1H. The Balaban J connectivity index is 0.00000243. The molecule has 3 N–H and O–H groups in total. The van der Waals surface area contributed by atoms with Crippen molar-refractivity contribution in [2.24, 2.45) is 11.7 Å². The second-order valence-corrected chi connectivity index (χ2v) is 7.75. The van der Waals surface area contributed by atoms with Crippen molar-refractivity contribution in [2.75, 3.05) is 18.5 Å². The highest BCUT2D eigenvalue weighted by atomic mass is 35.5. The second kappa shape index (κ2) is 9.67. The molecule has 1 saturated heterocycles. The largest absolute Gasteiger partial charge is 0.381 e. The zero-order valence-electron chi connectivity index (χ0n) is 14.5. The Labute approximate surface area is 168 Å². The van der Waals surface area contributed by atoms with Crippen LogP contribution < -0.4 is 11.1 Å². The van der Waals surface area contributed by atoms with Crippen LogP contribution in [0.15, 0.2) is 24.3 Å². The molecule has 1 aliphatic heterocycles. The average Bonchev–Trinajstić information content (AvgIpc) is 2.96. The van der Waals surface area contributed by atoms with E-state index < -0.39 is 6.04 Å². The summed E-state index contributed by atoms with van der Waals surface area (Å²) in [5.41, 5.74) is 8.07. The molecular weight excluding hydrogens is 393 g/mol. The number of aromatic nitrogens is 1. The zero-order valence-corrected chi connectivity index (χ0v) is 16.9. The number of nitrogens with one attached hydrogen (secondary N) is 1. The van der Waals surface area contributed by atoms with Crippen LogP contribution in [0.2, 0.25) is 5.02 Å². The van der Waals surface area contributed by atoms with E-state index >= 15 is 0 Å². The first-order chi connectivity index (χ1) is 12.0. The average molecular weight is 416 g/mol. The van der Waals surface area contributed by atoms with Crippen LogP contribution in [0.5, 0.6) is 0 Å². The van der Waals surface area contributed by atoms with Gasteiger partial charge >= 0.3 is 0 Å². The van der Waals surface area contributed by atoms with Crippen LogP contribution in [0.4, 0.5) is 5.13 Å². The van der Waals surface area contributed by atoms with Gasteiger partial charge in [-0.3, -0.25) is 4.79 Å². The second-order valence-electron chi connectivity index (χ2n) is 6.26. The Morgan fingerprint density at radius 1 is 1.42 bits per heavy atom. The molecule has 1 amide bonds. The Kier molecular flexibility index (Phi) is 7.85. The molecule has 0 spiro atoms. The number of rotatable bonds is 5. The van der Waals surface area contributed by atoms with Gasteiger partial charge in [0, 0.05) is 29.5 Å². The summed E-state index contributed by atoms with van der Waals surface area (Å²) in [5.74, 6) is -0.0117. The number of aryl methyl sites for hydroxylation is 1. The first-order valence-corrected chi connectivity index (χ1v) is 9.58. The molecule has 0 aliphatic carbocycles. The van der Waals surface area contributed by atoms with Gasteiger partial charge in [-0.15, -0.1) is 23.7 Å². The van der Waals surface area contributed by atoms with Gasteiger partial charge in [-0.1, -0.05) is 29.8 Å². The van der Waals surface area contributed by atoms with Gasteiger partial charge in [-0.05, 0) is 37.3 Å². The summed E-state index contributed by atoms with van der Waals surface area (Å²) in [5, 5.41) is 4.20. The SMILES string of the molecule is Cc1nc(NC(=O)C(N)C2CCOCC2)sc1Cc1ccccc1Cl.Cl. The van der Waals surface area contributed by atoms with Crippen LogP contribution in [-0.4, -0.2) is 30.1 Å². The fraction of sp³-hybridized carbons (Fsp3) is 0.444. The van der Waals surface area contributed by atoms with Crippen molar-refractivity contribution in [3.8, 4) is 0 Å². The van der Waals surface area contributed by atoms with Crippen LogP contribution in [0.3, 0.4) is 0 Å². The quantitative estimate of drug-likeness (QED) is 0.777. The first-order valence-electron chi connectivity index (χ1n) is 8.38. The van der Waals surface area contributed by atoms with E-state index in [4.69, 9.17) is 22.1 Å². The molecule has 0 bridgehead atoms. The molecule has 0 radical (unpaired) electrons. The Hall–Kier alpha value is -1.18. The van der Waals surface area contributed by atoms with E-state index in [9.17, 15) is 4.79 Å². The highest BCUT2D eigenvalue weighted by molar-refractivity contribution is 7.15. The lowest BCUT2D eigenvalue weighted by molar-refractivity contribution is -0.119. The summed E-state index contributed by atoms with van der Waals surface area (Å²) >= 11 is 7.71. The molecule has 2 aromatic rings. The van der Waals surface area contributed by atoms with E-state index in [0.717, 1.165) is 34.0 Å². The number of carbonyl (C=O) groups excluding carboxylic acids is 1. The van der Waals surface area contributed by atoms with E-state index in [0.29, 0.717) is 24.8 Å². The summed E-state index contributed by atoms with van der Waals surface area (Å²) in [6.45, 7) is 3.28. The lowest BCUT2D eigenvalue weighted by atomic mass is 9.92. The number of ether oxygens (including phenoxy) is 1. The number of thiazole rings is 1. The maximum absolute atomic E-state index is 12.4. The number of hydrogen-bond donors (Lipinski definition) is 2. The zero-order chi connectivity index (χ0) is 17.8. The predicted octanol–water partition coefficient (Wildman–Crippen LogP) is 3.81. The van der Waals surface area contributed by atoms with Crippen LogP contribution in [0, 0.1) is 12.8 Å². The number of halogens is 2. The third kappa shape index (κ3) is 5.18. The molecule has 0 saturated carbocycles. The summed E-state index contributed by atoms with van der Waals surface area (Å²) in [6, 6.07) is 7.23. The van der Waals surface area contributed by atoms with Crippen molar-refractivity contribution < 1.29 is 9.53 Å². The highest BCUT2D eigenvalue weighted by Crippen LogP contribution is 2.28. The number of anilines is 1. The minimum atomic E-state index is -0.528. The highest BCUT2D eigenvalue weighted by Gasteiger charge is 2.27. The fourth-order valence-electron chi connectivity index (χ4n) is 2.94. The van der Waals surface area contributed by atoms with Crippen molar-refractivity contribution in [3.63, 3.8) is 0 Å². The Morgan fingerprint density at radius 3 is 2.81 bits per heavy atom. The fourth-order valence-corrected chi connectivity index (χ4v) is 4.13. The van der Waals surface area contributed by atoms with Crippen LogP contribution in [0.1, 0.15) is 29.0 Å². The molecule has 142 valence electrons. The number of nitrogens with zero attached hydrogens (tertiary/aromatic N) is 1.